The predicted octanol–water partition coefficient (Wildman–Crippen LogP) is 3.00. The van der Waals surface area contributed by atoms with Crippen LogP contribution in [0.3, 0.4) is 0 Å². The van der Waals surface area contributed by atoms with Crippen molar-refractivity contribution in [2.24, 2.45) is 14.1 Å². The summed E-state index contributed by atoms with van der Waals surface area (Å²) in [4.78, 5) is 47.4. The summed E-state index contributed by atoms with van der Waals surface area (Å²) in [5.74, 6) is 0.603. The quantitative estimate of drug-likeness (QED) is 0.313. The fraction of sp³-hybridized carbons (Fsp3) is 0.240. The summed E-state index contributed by atoms with van der Waals surface area (Å²) in [6.07, 6.45) is 0.914. The van der Waals surface area contributed by atoms with E-state index in [1.165, 1.54) is 17.2 Å². The highest BCUT2D eigenvalue weighted by molar-refractivity contribution is 8.00. The van der Waals surface area contributed by atoms with Crippen molar-refractivity contribution >= 4 is 34.4 Å². The van der Waals surface area contributed by atoms with Gasteiger partial charge in [-0.2, -0.15) is 0 Å². The number of anilines is 1. The number of aromatic nitrogens is 4. The smallest absolute Gasteiger partial charge is 0.332 e. The van der Waals surface area contributed by atoms with Gasteiger partial charge < -0.3 is 10.1 Å². The normalized spacial score (nSPS) is 11.0. The van der Waals surface area contributed by atoms with Crippen molar-refractivity contribution in [3.8, 4) is 17.1 Å². The molecule has 0 unspecified atom stereocenters. The molecule has 10 heteroatoms. The van der Waals surface area contributed by atoms with Crippen LogP contribution in [0.25, 0.3) is 22.4 Å². The molecule has 0 spiro atoms. The number of thioether (sulfide) groups is 1. The topological polar surface area (TPSA) is 108 Å². The third-order valence-electron chi connectivity index (χ3n) is 5.60. The minimum atomic E-state index is -0.521. The average Bonchev–Trinajstić information content (AvgIpc) is 2.89. The van der Waals surface area contributed by atoms with Crippen molar-refractivity contribution in [3.63, 3.8) is 0 Å². The van der Waals surface area contributed by atoms with E-state index in [9.17, 15) is 14.4 Å². The van der Waals surface area contributed by atoms with Crippen LogP contribution in [0.1, 0.15) is 12.5 Å². The number of para-hydroxylation sites is 1. The Kier molecular flexibility index (Phi) is 7.02. The lowest BCUT2D eigenvalue weighted by Gasteiger charge is -2.13. The summed E-state index contributed by atoms with van der Waals surface area (Å²) in [5.41, 5.74) is 1.63. The Bertz CT molecular complexity index is 1530. The number of rotatable bonds is 7. The van der Waals surface area contributed by atoms with Crippen molar-refractivity contribution in [1.82, 2.24) is 19.1 Å². The van der Waals surface area contributed by atoms with Gasteiger partial charge in [0, 0.05) is 19.8 Å². The molecule has 0 saturated carbocycles. The largest absolute Gasteiger partial charge is 0.496 e. The van der Waals surface area contributed by atoms with Crippen LogP contribution in [0.5, 0.6) is 5.75 Å². The lowest BCUT2D eigenvalue weighted by Crippen LogP contribution is -2.37. The molecule has 4 rings (SSSR count). The molecule has 0 fully saturated rings. The number of aryl methyl sites for hydroxylation is 2. The first-order valence-corrected chi connectivity index (χ1v) is 11.9. The average molecular weight is 492 g/mol. The Labute approximate surface area is 205 Å². The molecule has 0 atom stereocenters. The zero-order valence-electron chi connectivity index (χ0n) is 19.9. The van der Waals surface area contributed by atoms with Crippen molar-refractivity contribution < 1.29 is 9.53 Å². The number of carbonyl (C=O) groups excluding carboxylic acids is 1. The van der Waals surface area contributed by atoms with Crippen LogP contribution in [0, 0.1) is 0 Å². The molecule has 0 bridgehead atoms. The van der Waals surface area contributed by atoms with Crippen LogP contribution in [0.2, 0.25) is 0 Å². The monoisotopic (exact) mass is 491 g/mol. The van der Waals surface area contributed by atoms with Gasteiger partial charge in [-0.05, 0) is 36.2 Å². The molecular weight excluding hydrogens is 466 g/mol. The summed E-state index contributed by atoms with van der Waals surface area (Å²) in [6.45, 7) is 2.07. The number of ether oxygens (including phenoxy) is 1. The Morgan fingerprint density at radius 2 is 1.74 bits per heavy atom. The van der Waals surface area contributed by atoms with E-state index >= 15 is 0 Å². The zero-order chi connectivity index (χ0) is 25.1. The molecule has 0 radical (unpaired) electrons. The molecule has 0 aliphatic heterocycles. The maximum atomic E-state index is 13.0. The lowest BCUT2D eigenvalue weighted by molar-refractivity contribution is -0.113. The predicted molar refractivity (Wildman–Crippen MR) is 137 cm³/mol. The van der Waals surface area contributed by atoms with Gasteiger partial charge in [-0.25, -0.2) is 14.8 Å². The van der Waals surface area contributed by atoms with Crippen LogP contribution in [0.15, 0.2) is 63.1 Å². The lowest BCUT2D eigenvalue weighted by atomic mass is 10.1. The van der Waals surface area contributed by atoms with Gasteiger partial charge in [-0.1, -0.05) is 43.0 Å². The highest BCUT2D eigenvalue weighted by atomic mass is 32.2. The molecule has 0 saturated heterocycles. The Morgan fingerprint density at radius 1 is 1.03 bits per heavy atom. The van der Waals surface area contributed by atoms with E-state index in [4.69, 9.17) is 4.74 Å². The minimum absolute atomic E-state index is 0.0129. The first kappa shape index (κ1) is 24.2. The van der Waals surface area contributed by atoms with Gasteiger partial charge in [-0.15, -0.1) is 0 Å². The first-order valence-electron chi connectivity index (χ1n) is 11.0. The third kappa shape index (κ3) is 4.83. The molecule has 1 N–H and O–H groups in total. The molecule has 2 aromatic heterocycles. The molecule has 4 aromatic rings. The number of hydrogen-bond donors (Lipinski definition) is 1. The van der Waals surface area contributed by atoms with Gasteiger partial charge in [0.25, 0.3) is 5.56 Å². The number of carbonyl (C=O) groups is 1. The summed E-state index contributed by atoms with van der Waals surface area (Å²) >= 11 is 1.11. The number of nitrogens with one attached hydrogen (secondary N) is 1. The molecule has 1 amide bonds. The molecule has 0 aliphatic carbocycles. The van der Waals surface area contributed by atoms with E-state index in [1.807, 2.05) is 36.4 Å². The van der Waals surface area contributed by atoms with Crippen molar-refractivity contribution in [2.75, 3.05) is 18.2 Å². The van der Waals surface area contributed by atoms with Gasteiger partial charge >= 0.3 is 5.69 Å². The fourth-order valence-electron chi connectivity index (χ4n) is 3.64. The van der Waals surface area contributed by atoms with E-state index in [0.29, 0.717) is 22.0 Å². The minimum Gasteiger partial charge on any atom is -0.496 e. The SMILES string of the molecule is CCc1ccc(NC(=O)CSc2nc(-c3ccccc3OC)nc3c2c(=O)n(C)c(=O)n3C)cc1. The molecule has 180 valence electrons. The molecule has 0 aliphatic rings. The fourth-order valence-corrected chi connectivity index (χ4v) is 4.45. The van der Waals surface area contributed by atoms with E-state index in [2.05, 4.69) is 22.2 Å². The maximum Gasteiger partial charge on any atom is 0.332 e. The Morgan fingerprint density at radius 3 is 2.43 bits per heavy atom. The maximum absolute atomic E-state index is 13.0. The number of nitrogens with zero attached hydrogens (tertiary/aromatic N) is 4. The van der Waals surface area contributed by atoms with Gasteiger partial charge in [0.2, 0.25) is 5.91 Å². The summed E-state index contributed by atoms with van der Waals surface area (Å²) < 4.78 is 7.75. The molecule has 35 heavy (non-hydrogen) atoms. The summed E-state index contributed by atoms with van der Waals surface area (Å²) in [5, 5.41) is 3.35. The third-order valence-corrected chi connectivity index (χ3v) is 6.58. The number of hydrogen-bond acceptors (Lipinski definition) is 7. The van der Waals surface area contributed by atoms with Crippen molar-refractivity contribution in [1.29, 1.82) is 0 Å². The first-order chi connectivity index (χ1) is 16.8. The van der Waals surface area contributed by atoms with Gasteiger partial charge in [0.1, 0.15) is 16.2 Å². The molecule has 2 heterocycles. The van der Waals surface area contributed by atoms with Crippen LogP contribution in [-0.2, 0) is 25.3 Å². The molecule has 2 aromatic carbocycles. The molecule has 9 nitrogen and oxygen atoms in total. The number of amides is 1. The van der Waals surface area contributed by atoms with Crippen molar-refractivity contribution in [3.05, 3.63) is 74.9 Å². The van der Waals surface area contributed by atoms with E-state index in [-0.39, 0.29) is 28.5 Å². The Balaban J connectivity index is 1.75. The van der Waals surface area contributed by atoms with Crippen LogP contribution in [-0.4, -0.2) is 37.9 Å². The van der Waals surface area contributed by atoms with Crippen molar-refractivity contribution in [2.45, 2.75) is 18.4 Å². The number of fused-ring (bicyclic) bond motifs is 1. The Hall–Kier alpha value is -3.92. The second-order valence-electron chi connectivity index (χ2n) is 7.84. The van der Waals surface area contributed by atoms with Crippen LogP contribution in [0.4, 0.5) is 5.69 Å². The number of methoxy groups -OCH3 is 1. The van der Waals surface area contributed by atoms with Gasteiger partial charge in [0.15, 0.2) is 11.5 Å². The van der Waals surface area contributed by atoms with E-state index < -0.39 is 11.2 Å². The van der Waals surface area contributed by atoms with E-state index in [0.717, 1.165) is 22.7 Å². The zero-order valence-corrected chi connectivity index (χ0v) is 20.7. The van der Waals surface area contributed by atoms with Gasteiger partial charge in [0.05, 0.1) is 18.4 Å². The second kappa shape index (κ2) is 10.1. The highest BCUT2D eigenvalue weighted by Gasteiger charge is 2.20. The standard InChI is InChI=1S/C25H25N5O4S/c1-5-15-10-12-16(13-11-15)26-19(31)14-35-23-20-22(29(2)25(33)30(3)24(20)32)27-21(28-23)17-8-6-7-9-18(17)34-4/h6-13H,5,14H2,1-4H3,(H,26,31). The van der Waals surface area contributed by atoms with E-state index in [1.54, 1.807) is 26.3 Å². The second-order valence-corrected chi connectivity index (χ2v) is 8.81. The van der Waals surface area contributed by atoms with Gasteiger partial charge in [-0.3, -0.25) is 18.7 Å². The summed E-state index contributed by atoms with van der Waals surface area (Å²) in [6, 6.07) is 14.8. The molecular formula is C25H25N5O4S. The van der Waals surface area contributed by atoms with Crippen LogP contribution >= 0.6 is 11.8 Å². The van der Waals surface area contributed by atoms with Crippen LogP contribution < -0.4 is 21.3 Å². The number of benzene rings is 2. The highest BCUT2D eigenvalue weighted by Crippen LogP contribution is 2.31. The summed E-state index contributed by atoms with van der Waals surface area (Å²) in [7, 11) is 4.49.